The number of aromatic nitrogens is 1. The number of nitriles is 1. The van der Waals surface area contributed by atoms with Crippen molar-refractivity contribution < 1.29 is 0 Å². The second kappa shape index (κ2) is 7.37. The third kappa shape index (κ3) is 3.63. The second-order valence-corrected chi connectivity index (χ2v) is 8.96. The van der Waals surface area contributed by atoms with Gasteiger partial charge >= 0.3 is 0 Å². The highest BCUT2D eigenvalue weighted by atomic mass is 14.9. The average molecular weight is 382 g/mol. The molecule has 0 amide bonds. The molecule has 1 unspecified atom stereocenters. The van der Waals surface area contributed by atoms with Crippen molar-refractivity contribution in [3.05, 3.63) is 82.5 Å². The van der Waals surface area contributed by atoms with Crippen molar-refractivity contribution in [2.24, 2.45) is 0 Å². The van der Waals surface area contributed by atoms with Crippen LogP contribution in [0.15, 0.2) is 54.6 Å². The molecule has 0 fully saturated rings. The van der Waals surface area contributed by atoms with E-state index in [4.69, 9.17) is 5.73 Å². The quantitative estimate of drug-likeness (QED) is 0.613. The van der Waals surface area contributed by atoms with Gasteiger partial charge in [0, 0.05) is 11.3 Å². The number of benzene rings is 2. The standard InChI is InChI=1S/C26H27N3/c1-26(2,3)20-12-9-18(10-13-20)24-21-15-19(17-7-5-4-6-8-17)11-14-23(21)29-25(28)22(24)16-27/h4-10,12-13,19H,11,14-15H2,1-3H3,(H2,28,29). The first-order valence-corrected chi connectivity index (χ1v) is 10.3. The molecular weight excluding hydrogens is 354 g/mol. The molecule has 1 aliphatic rings. The third-order valence-corrected chi connectivity index (χ3v) is 6.01. The van der Waals surface area contributed by atoms with E-state index in [0.29, 0.717) is 17.3 Å². The van der Waals surface area contributed by atoms with Crippen molar-refractivity contribution in [3.63, 3.8) is 0 Å². The number of hydrogen-bond acceptors (Lipinski definition) is 3. The third-order valence-electron chi connectivity index (χ3n) is 6.01. The first kappa shape index (κ1) is 19.2. The van der Waals surface area contributed by atoms with Crippen molar-refractivity contribution in [3.8, 4) is 17.2 Å². The van der Waals surface area contributed by atoms with Crippen molar-refractivity contribution in [1.29, 1.82) is 5.26 Å². The van der Waals surface area contributed by atoms with E-state index in [1.165, 1.54) is 16.7 Å². The van der Waals surface area contributed by atoms with Crippen molar-refractivity contribution in [1.82, 2.24) is 4.98 Å². The Morgan fingerprint density at radius 1 is 1.03 bits per heavy atom. The normalized spacial score (nSPS) is 16.1. The van der Waals surface area contributed by atoms with Gasteiger partial charge in [-0.15, -0.1) is 0 Å². The second-order valence-electron chi connectivity index (χ2n) is 8.96. The summed E-state index contributed by atoms with van der Waals surface area (Å²) in [6, 6.07) is 21.5. The van der Waals surface area contributed by atoms with Crippen LogP contribution >= 0.6 is 0 Å². The maximum atomic E-state index is 9.86. The number of anilines is 1. The average Bonchev–Trinajstić information content (AvgIpc) is 2.72. The molecule has 1 aromatic heterocycles. The van der Waals surface area contributed by atoms with Gasteiger partial charge in [-0.2, -0.15) is 5.26 Å². The minimum absolute atomic E-state index is 0.0890. The SMILES string of the molecule is CC(C)(C)c1ccc(-c2c(C#N)c(N)nc3c2CC(c2ccccc2)CC3)cc1. The van der Waals surface area contributed by atoms with E-state index in [-0.39, 0.29) is 5.41 Å². The summed E-state index contributed by atoms with van der Waals surface area (Å²) in [5, 5.41) is 9.86. The van der Waals surface area contributed by atoms with Gasteiger partial charge in [0.05, 0.1) is 0 Å². The zero-order valence-electron chi connectivity index (χ0n) is 17.4. The Labute approximate surface area is 173 Å². The number of fused-ring (bicyclic) bond motifs is 1. The molecule has 29 heavy (non-hydrogen) atoms. The van der Waals surface area contributed by atoms with E-state index < -0.39 is 0 Å². The zero-order chi connectivity index (χ0) is 20.6. The van der Waals surface area contributed by atoms with Crippen LogP contribution in [0.5, 0.6) is 0 Å². The molecule has 0 spiro atoms. The fourth-order valence-electron chi connectivity index (χ4n) is 4.36. The molecule has 146 valence electrons. The molecule has 3 nitrogen and oxygen atoms in total. The molecule has 3 heteroatoms. The number of hydrogen-bond donors (Lipinski definition) is 1. The summed E-state index contributed by atoms with van der Waals surface area (Å²) < 4.78 is 0. The predicted molar refractivity (Wildman–Crippen MR) is 119 cm³/mol. The molecule has 2 aromatic carbocycles. The summed E-state index contributed by atoms with van der Waals surface area (Å²) in [4.78, 5) is 4.61. The van der Waals surface area contributed by atoms with Crippen LogP contribution in [0.25, 0.3) is 11.1 Å². The van der Waals surface area contributed by atoms with Gasteiger partial charge in [-0.1, -0.05) is 75.4 Å². The highest BCUT2D eigenvalue weighted by Gasteiger charge is 2.27. The highest BCUT2D eigenvalue weighted by molar-refractivity contribution is 5.79. The summed E-state index contributed by atoms with van der Waals surface area (Å²) in [5.74, 6) is 0.785. The Kier molecular flexibility index (Phi) is 4.88. The number of pyridine rings is 1. The van der Waals surface area contributed by atoms with Crippen LogP contribution < -0.4 is 5.73 Å². The summed E-state index contributed by atoms with van der Waals surface area (Å²) in [6.45, 7) is 6.62. The van der Waals surface area contributed by atoms with E-state index in [0.717, 1.165) is 36.1 Å². The predicted octanol–water partition coefficient (Wildman–Crippen LogP) is 5.77. The van der Waals surface area contributed by atoms with Gasteiger partial charge in [-0.05, 0) is 52.8 Å². The summed E-state index contributed by atoms with van der Waals surface area (Å²) in [5.41, 5.74) is 13.7. The van der Waals surface area contributed by atoms with E-state index >= 15 is 0 Å². The molecule has 0 saturated carbocycles. The first-order valence-electron chi connectivity index (χ1n) is 10.3. The van der Waals surface area contributed by atoms with Gasteiger partial charge in [0.25, 0.3) is 0 Å². The monoisotopic (exact) mass is 381 g/mol. The summed E-state index contributed by atoms with van der Waals surface area (Å²) in [7, 11) is 0. The first-order chi connectivity index (χ1) is 13.9. The topological polar surface area (TPSA) is 62.7 Å². The molecule has 0 bridgehead atoms. The Morgan fingerprint density at radius 2 is 1.72 bits per heavy atom. The Hall–Kier alpha value is -3.12. The molecule has 2 N–H and O–H groups in total. The molecule has 3 aromatic rings. The van der Waals surface area contributed by atoms with Crippen LogP contribution in [0.1, 0.15) is 61.1 Å². The van der Waals surface area contributed by atoms with Gasteiger partial charge in [0.2, 0.25) is 0 Å². The van der Waals surface area contributed by atoms with Crippen LogP contribution in [-0.2, 0) is 18.3 Å². The van der Waals surface area contributed by atoms with Crippen LogP contribution in [0, 0.1) is 11.3 Å². The van der Waals surface area contributed by atoms with Crippen molar-refractivity contribution in [2.45, 2.75) is 51.4 Å². The van der Waals surface area contributed by atoms with Crippen LogP contribution in [0.2, 0.25) is 0 Å². The van der Waals surface area contributed by atoms with Crippen molar-refractivity contribution >= 4 is 5.82 Å². The van der Waals surface area contributed by atoms with Gasteiger partial charge in [0.15, 0.2) is 0 Å². The van der Waals surface area contributed by atoms with E-state index in [1.807, 2.05) is 0 Å². The fourth-order valence-corrected chi connectivity index (χ4v) is 4.36. The van der Waals surface area contributed by atoms with Crippen LogP contribution in [0.4, 0.5) is 5.82 Å². The minimum atomic E-state index is 0.0890. The largest absolute Gasteiger partial charge is 0.383 e. The van der Waals surface area contributed by atoms with Gasteiger partial charge in [-0.3, -0.25) is 0 Å². The van der Waals surface area contributed by atoms with E-state index in [2.05, 4.69) is 86.4 Å². The number of nitrogen functional groups attached to an aromatic ring is 1. The zero-order valence-corrected chi connectivity index (χ0v) is 17.4. The van der Waals surface area contributed by atoms with Gasteiger partial charge < -0.3 is 5.73 Å². The maximum Gasteiger partial charge on any atom is 0.142 e. The lowest BCUT2D eigenvalue weighted by atomic mass is 9.78. The minimum Gasteiger partial charge on any atom is -0.383 e. The Morgan fingerprint density at radius 3 is 2.34 bits per heavy atom. The molecule has 0 radical (unpaired) electrons. The van der Waals surface area contributed by atoms with E-state index in [1.54, 1.807) is 0 Å². The highest BCUT2D eigenvalue weighted by Crippen LogP contribution is 2.40. The molecule has 1 atom stereocenters. The Bertz CT molecular complexity index is 1070. The summed E-state index contributed by atoms with van der Waals surface area (Å²) in [6.07, 6.45) is 2.83. The molecular formula is C26H27N3. The fraction of sp³-hybridized carbons (Fsp3) is 0.308. The van der Waals surface area contributed by atoms with Gasteiger partial charge in [-0.25, -0.2) is 4.98 Å². The summed E-state index contributed by atoms with van der Waals surface area (Å²) >= 11 is 0. The molecule has 1 heterocycles. The Balaban J connectivity index is 1.84. The number of nitrogens with two attached hydrogens (primary N) is 1. The molecule has 0 saturated heterocycles. The smallest absolute Gasteiger partial charge is 0.142 e. The molecule has 0 aliphatic heterocycles. The van der Waals surface area contributed by atoms with E-state index in [9.17, 15) is 5.26 Å². The number of nitrogens with zero attached hydrogens (tertiary/aromatic N) is 2. The lowest BCUT2D eigenvalue weighted by molar-refractivity contribution is 0.575. The van der Waals surface area contributed by atoms with Gasteiger partial charge in [0.1, 0.15) is 17.5 Å². The molecule has 4 rings (SSSR count). The lowest BCUT2D eigenvalue weighted by Gasteiger charge is -2.28. The van der Waals surface area contributed by atoms with Crippen LogP contribution in [-0.4, -0.2) is 4.98 Å². The molecule has 1 aliphatic carbocycles. The van der Waals surface area contributed by atoms with Crippen molar-refractivity contribution in [2.75, 3.05) is 5.73 Å². The number of aryl methyl sites for hydroxylation is 1. The number of rotatable bonds is 2. The maximum absolute atomic E-state index is 9.86. The van der Waals surface area contributed by atoms with Crippen LogP contribution in [0.3, 0.4) is 0 Å². The lowest BCUT2D eigenvalue weighted by Crippen LogP contribution is -2.17.